The quantitative estimate of drug-likeness (QED) is 0.684. The minimum atomic E-state index is -0.701. The molecule has 0 bridgehead atoms. The molecule has 0 spiro atoms. The fourth-order valence-corrected chi connectivity index (χ4v) is 1.84. The molecule has 1 aromatic rings. The Hall–Kier alpha value is -1.59. The van der Waals surface area contributed by atoms with E-state index in [-0.39, 0.29) is 12.6 Å². The lowest BCUT2D eigenvalue weighted by atomic mass is 9.95. The van der Waals surface area contributed by atoms with E-state index in [1.807, 2.05) is 0 Å². The third-order valence-corrected chi connectivity index (χ3v) is 2.75. The van der Waals surface area contributed by atoms with E-state index in [9.17, 15) is 9.90 Å². The van der Waals surface area contributed by atoms with Crippen LogP contribution >= 0.6 is 0 Å². The van der Waals surface area contributed by atoms with Gasteiger partial charge in [-0.2, -0.15) is 0 Å². The zero-order valence-electron chi connectivity index (χ0n) is 11.4. The molecule has 0 radical (unpaired) electrons. The smallest absolute Gasteiger partial charge is 0.255 e. The first-order valence-corrected chi connectivity index (χ1v) is 6.35. The summed E-state index contributed by atoms with van der Waals surface area (Å²) in [7, 11) is 0. The summed E-state index contributed by atoms with van der Waals surface area (Å²) in [4.78, 5) is 10.6. The van der Waals surface area contributed by atoms with Crippen LogP contribution in [-0.2, 0) is 4.79 Å². The second-order valence-corrected chi connectivity index (χ2v) is 5.06. The lowest BCUT2D eigenvalue weighted by Crippen LogP contribution is -2.29. The fraction of sp³-hybridized carbons (Fsp3) is 0.500. The molecular weight excluding hydrogens is 244 g/mol. The highest BCUT2D eigenvalue weighted by Crippen LogP contribution is 2.22. The summed E-state index contributed by atoms with van der Waals surface area (Å²) in [5, 5.41) is 10.1. The summed E-state index contributed by atoms with van der Waals surface area (Å²) < 4.78 is 5.14. The van der Waals surface area contributed by atoms with Gasteiger partial charge in [-0.15, -0.1) is 0 Å². The predicted octanol–water partition coefficient (Wildman–Crippen LogP) is 0.958. The van der Waals surface area contributed by atoms with Crippen molar-refractivity contribution in [3.63, 3.8) is 0 Å². The maximum absolute atomic E-state index is 10.6. The predicted molar refractivity (Wildman–Crippen MR) is 73.5 cm³/mol. The first kappa shape index (κ1) is 15.5. The first-order chi connectivity index (χ1) is 8.90. The van der Waals surface area contributed by atoms with Gasteiger partial charge in [0.1, 0.15) is 5.75 Å². The molecule has 0 heterocycles. The molecule has 0 aliphatic rings. The van der Waals surface area contributed by atoms with Crippen molar-refractivity contribution in [3.8, 4) is 5.75 Å². The number of nitrogens with two attached hydrogens (primary N) is 2. The van der Waals surface area contributed by atoms with Crippen LogP contribution in [0, 0.1) is 5.92 Å². The van der Waals surface area contributed by atoms with Crippen molar-refractivity contribution in [1.82, 2.24) is 0 Å². The summed E-state index contributed by atoms with van der Waals surface area (Å²) in [6.07, 6.45) is 0.0498. The minimum Gasteiger partial charge on any atom is -0.484 e. The van der Waals surface area contributed by atoms with E-state index >= 15 is 0 Å². The molecule has 106 valence electrons. The van der Waals surface area contributed by atoms with Gasteiger partial charge in [0.25, 0.3) is 5.91 Å². The van der Waals surface area contributed by atoms with Crippen molar-refractivity contribution in [2.45, 2.75) is 32.4 Å². The van der Waals surface area contributed by atoms with E-state index in [4.69, 9.17) is 16.2 Å². The van der Waals surface area contributed by atoms with Crippen molar-refractivity contribution < 1.29 is 14.6 Å². The molecule has 5 N–H and O–H groups in total. The second-order valence-electron chi connectivity index (χ2n) is 5.06. The van der Waals surface area contributed by atoms with Gasteiger partial charge in [-0.3, -0.25) is 4.79 Å². The summed E-state index contributed by atoms with van der Waals surface area (Å²) in [5.41, 5.74) is 11.7. The molecule has 0 saturated heterocycles. The van der Waals surface area contributed by atoms with Gasteiger partial charge < -0.3 is 21.3 Å². The van der Waals surface area contributed by atoms with Gasteiger partial charge in [0, 0.05) is 6.04 Å². The van der Waals surface area contributed by atoms with Crippen LogP contribution in [0.15, 0.2) is 24.3 Å². The van der Waals surface area contributed by atoms with Gasteiger partial charge in [0.15, 0.2) is 6.61 Å². The SMILES string of the molecule is CC(C)CC(N)C(O)c1ccc(OCC(N)=O)cc1. The number of ether oxygens (including phenoxy) is 1. The Bertz CT molecular complexity index is 404. The average molecular weight is 266 g/mol. The molecule has 0 aromatic heterocycles. The Balaban J connectivity index is 2.62. The van der Waals surface area contributed by atoms with E-state index in [1.165, 1.54) is 0 Å². The summed E-state index contributed by atoms with van der Waals surface area (Å²) >= 11 is 0. The molecule has 0 fully saturated rings. The van der Waals surface area contributed by atoms with Crippen molar-refractivity contribution in [2.75, 3.05) is 6.61 Å². The lowest BCUT2D eigenvalue weighted by Gasteiger charge is -2.21. The van der Waals surface area contributed by atoms with Crippen LogP contribution in [0.1, 0.15) is 31.9 Å². The summed E-state index contributed by atoms with van der Waals surface area (Å²) in [6, 6.07) is 6.55. The molecule has 0 aliphatic heterocycles. The standard InChI is InChI=1S/C14H22N2O3/c1-9(2)7-12(15)14(18)10-3-5-11(6-4-10)19-8-13(16)17/h3-6,9,12,14,18H,7-8,15H2,1-2H3,(H2,16,17). The molecular formula is C14H22N2O3. The molecule has 2 unspecified atom stereocenters. The lowest BCUT2D eigenvalue weighted by molar-refractivity contribution is -0.119. The fourth-order valence-electron chi connectivity index (χ4n) is 1.84. The molecule has 0 saturated carbocycles. The molecule has 1 amide bonds. The highest BCUT2D eigenvalue weighted by atomic mass is 16.5. The number of carbonyl (C=O) groups is 1. The highest BCUT2D eigenvalue weighted by molar-refractivity contribution is 5.75. The summed E-state index contributed by atoms with van der Waals surface area (Å²) in [6.45, 7) is 3.97. The van der Waals surface area contributed by atoms with Crippen LogP contribution in [0.2, 0.25) is 0 Å². The van der Waals surface area contributed by atoms with Gasteiger partial charge in [0.2, 0.25) is 0 Å². The highest BCUT2D eigenvalue weighted by Gasteiger charge is 2.17. The Morgan fingerprint density at radius 3 is 2.37 bits per heavy atom. The maximum atomic E-state index is 10.6. The van der Waals surface area contributed by atoms with Crippen molar-refractivity contribution >= 4 is 5.91 Å². The van der Waals surface area contributed by atoms with E-state index in [0.29, 0.717) is 11.7 Å². The average Bonchev–Trinajstić information content (AvgIpc) is 2.35. The third-order valence-electron chi connectivity index (χ3n) is 2.75. The topological polar surface area (TPSA) is 98.6 Å². The second kappa shape index (κ2) is 7.11. The molecule has 5 nitrogen and oxygen atoms in total. The zero-order chi connectivity index (χ0) is 14.4. The molecule has 1 rings (SSSR count). The normalized spacial score (nSPS) is 14.2. The van der Waals surface area contributed by atoms with E-state index < -0.39 is 12.0 Å². The van der Waals surface area contributed by atoms with Crippen LogP contribution in [0.3, 0.4) is 0 Å². The first-order valence-electron chi connectivity index (χ1n) is 6.35. The number of hydrogen-bond acceptors (Lipinski definition) is 4. The molecule has 5 heteroatoms. The van der Waals surface area contributed by atoms with E-state index in [0.717, 1.165) is 12.0 Å². The van der Waals surface area contributed by atoms with Crippen LogP contribution < -0.4 is 16.2 Å². The molecule has 1 aromatic carbocycles. The van der Waals surface area contributed by atoms with Gasteiger partial charge in [-0.1, -0.05) is 26.0 Å². The number of primary amides is 1. The van der Waals surface area contributed by atoms with E-state index in [2.05, 4.69) is 13.8 Å². The monoisotopic (exact) mass is 266 g/mol. The van der Waals surface area contributed by atoms with Gasteiger partial charge in [0.05, 0.1) is 6.10 Å². The van der Waals surface area contributed by atoms with Crippen LogP contribution in [0.5, 0.6) is 5.75 Å². The van der Waals surface area contributed by atoms with Crippen molar-refractivity contribution in [2.24, 2.45) is 17.4 Å². The number of aliphatic hydroxyl groups excluding tert-OH is 1. The molecule has 0 aliphatic carbocycles. The zero-order valence-corrected chi connectivity index (χ0v) is 11.4. The van der Waals surface area contributed by atoms with Crippen molar-refractivity contribution in [1.29, 1.82) is 0 Å². The van der Waals surface area contributed by atoms with Crippen molar-refractivity contribution in [3.05, 3.63) is 29.8 Å². The van der Waals surface area contributed by atoms with Crippen LogP contribution in [0.4, 0.5) is 0 Å². The Morgan fingerprint density at radius 1 is 1.32 bits per heavy atom. The number of benzene rings is 1. The van der Waals surface area contributed by atoms with Crippen LogP contribution in [0.25, 0.3) is 0 Å². The summed E-state index contributed by atoms with van der Waals surface area (Å²) in [5.74, 6) is 0.443. The van der Waals surface area contributed by atoms with Crippen LogP contribution in [-0.4, -0.2) is 23.7 Å². The number of hydrogen-bond donors (Lipinski definition) is 3. The molecule has 19 heavy (non-hydrogen) atoms. The van der Waals surface area contributed by atoms with Gasteiger partial charge in [-0.25, -0.2) is 0 Å². The Kier molecular flexibility index (Phi) is 5.79. The van der Waals surface area contributed by atoms with Gasteiger partial charge in [-0.05, 0) is 30.0 Å². The Labute approximate surface area is 113 Å². The minimum absolute atomic E-state index is 0.158. The largest absolute Gasteiger partial charge is 0.484 e. The maximum Gasteiger partial charge on any atom is 0.255 e. The van der Waals surface area contributed by atoms with E-state index in [1.54, 1.807) is 24.3 Å². The molecule has 2 atom stereocenters. The number of aliphatic hydroxyl groups is 1. The number of amides is 1. The number of carbonyl (C=O) groups excluding carboxylic acids is 1. The third kappa shape index (κ3) is 5.28. The van der Waals surface area contributed by atoms with Gasteiger partial charge >= 0.3 is 0 Å². The number of rotatable bonds is 7. The Morgan fingerprint density at radius 2 is 1.89 bits per heavy atom.